The van der Waals surface area contributed by atoms with E-state index in [1.165, 1.54) is 6.07 Å². The van der Waals surface area contributed by atoms with E-state index in [0.717, 1.165) is 39.0 Å². The number of hydrogen-bond donors (Lipinski definition) is 0. The van der Waals surface area contributed by atoms with E-state index in [1.54, 1.807) is 12.1 Å². The molecular formula is C30H19FO. The van der Waals surface area contributed by atoms with Crippen molar-refractivity contribution in [3.8, 4) is 0 Å². The molecule has 0 N–H and O–H groups in total. The molecule has 0 radical (unpaired) electrons. The van der Waals surface area contributed by atoms with E-state index >= 15 is 0 Å². The van der Waals surface area contributed by atoms with Crippen molar-refractivity contribution in [1.29, 1.82) is 0 Å². The molecule has 0 saturated carbocycles. The highest BCUT2D eigenvalue weighted by atomic mass is 19.1. The van der Waals surface area contributed by atoms with E-state index in [4.69, 9.17) is 0 Å². The van der Waals surface area contributed by atoms with Crippen LogP contribution in [-0.4, -0.2) is 5.78 Å². The zero-order chi connectivity index (χ0) is 21.7. The van der Waals surface area contributed by atoms with Gasteiger partial charge in [0.05, 0.1) is 5.41 Å². The Balaban J connectivity index is 1.82. The second-order valence-corrected chi connectivity index (χ2v) is 8.22. The third kappa shape index (κ3) is 2.53. The van der Waals surface area contributed by atoms with Gasteiger partial charge in [-0.3, -0.25) is 4.79 Å². The molecule has 152 valence electrons. The first-order valence-corrected chi connectivity index (χ1v) is 10.7. The molecule has 0 heterocycles. The zero-order valence-electron chi connectivity index (χ0n) is 17.3. The Morgan fingerprint density at radius 3 is 2.03 bits per heavy atom. The van der Waals surface area contributed by atoms with Crippen molar-refractivity contribution in [3.63, 3.8) is 0 Å². The van der Waals surface area contributed by atoms with Crippen LogP contribution >= 0.6 is 0 Å². The molecule has 6 rings (SSSR count). The molecule has 1 atom stereocenters. The largest absolute Gasteiger partial charge is 0.289 e. The Kier molecular flexibility index (Phi) is 4.09. The second kappa shape index (κ2) is 7.00. The third-order valence-electron chi connectivity index (χ3n) is 6.55. The molecule has 4 aromatic carbocycles. The summed E-state index contributed by atoms with van der Waals surface area (Å²) in [5, 5.41) is 0. The van der Waals surface area contributed by atoms with Crippen LogP contribution in [0.5, 0.6) is 0 Å². The highest BCUT2D eigenvalue weighted by Gasteiger charge is 2.48. The molecule has 2 aliphatic carbocycles. The Hall–Kier alpha value is -4.04. The quantitative estimate of drug-likeness (QED) is 0.351. The van der Waals surface area contributed by atoms with Crippen LogP contribution in [0.25, 0.3) is 11.1 Å². The SMILES string of the molecule is O=C1C=C[C@@]2(C(c3ccccc3)=C(c3ccccc3)c3ccc(F)cc32)c2ccccc21. The van der Waals surface area contributed by atoms with Crippen LogP contribution in [0.15, 0.2) is 115 Å². The number of fused-ring (bicyclic) bond motifs is 4. The predicted octanol–water partition coefficient (Wildman–Crippen LogP) is 6.84. The molecular weight excluding hydrogens is 395 g/mol. The number of halogens is 1. The van der Waals surface area contributed by atoms with Gasteiger partial charge in [-0.1, -0.05) is 97.1 Å². The topological polar surface area (TPSA) is 17.1 Å². The van der Waals surface area contributed by atoms with Crippen LogP contribution < -0.4 is 0 Å². The lowest BCUT2D eigenvalue weighted by Crippen LogP contribution is -2.30. The van der Waals surface area contributed by atoms with E-state index in [2.05, 4.69) is 24.3 Å². The van der Waals surface area contributed by atoms with E-state index in [-0.39, 0.29) is 11.6 Å². The summed E-state index contributed by atoms with van der Waals surface area (Å²) in [6, 6.07) is 33.2. The van der Waals surface area contributed by atoms with Gasteiger partial charge in [-0.15, -0.1) is 0 Å². The lowest BCUT2D eigenvalue weighted by Gasteiger charge is -2.35. The Morgan fingerprint density at radius 2 is 1.28 bits per heavy atom. The number of rotatable bonds is 2. The number of hydrogen-bond acceptors (Lipinski definition) is 1. The van der Waals surface area contributed by atoms with Crippen molar-refractivity contribution in [2.24, 2.45) is 0 Å². The smallest absolute Gasteiger partial charge is 0.185 e. The molecule has 0 bridgehead atoms. The van der Waals surface area contributed by atoms with Gasteiger partial charge in [-0.2, -0.15) is 0 Å². The van der Waals surface area contributed by atoms with Gasteiger partial charge < -0.3 is 0 Å². The lowest BCUT2D eigenvalue weighted by atomic mass is 9.65. The number of carbonyl (C=O) groups is 1. The van der Waals surface area contributed by atoms with Crippen LogP contribution in [0.4, 0.5) is 4.39 Å². The zero-order valence-corrected chi connectivity index (χ0v) is 17.3. The maximum atomic E-state index is 14.7. The summed E-state index contributed by atoms with van der Waals surface area (Å²) >= 11 is 0. The van der Waals surface area contributed by atoms with Crippen LogP contribution in [-0.2, 0) is 5.41 Å². The highest BCUT2D eigenvalue weighted by molar-refractivity contribution is 6.15. The summed E-state index contributed by atoms with van der Waals surface area (Å²) in [4.78, 5) is 12.8. The summed E-state index contributed by atoms with van der Waals surface area (Å²) in [5.41, 5.74) is 6.92. The van der Waals surface area contributed by atoms with E-state index in [0.29, 0.717) is 5.56 Å². The van der Waals surface area contributed by atoms with Gasteiger partial charge in [0.25, 0.3) is 0 Å². The number of carbonyl (C=O) groups excluding carboxylic acids is 1. The Morgan fingerprint density at radius 1 is 0.625 bits per heavy atom. The van der Waals surface area contributed by atoms with Crippen LogP contribution in [0, 0.1) is 5.82 Å². The monoisotopic (exact) mass is 414 g/mol. The molecule has 1 spiro atoms. The first-order valence-electron chi connectivity index (χ1n) is 10.7. The molecule has 0 fully saturated rings. The van der Waals surface area contributed by atoms with Gasteiger partial charge in [0.2, 0.25) is 0 Å². The fourth-order valence-corrected chi connectivity index (χ4v) is 5.28. The molecule has 0 amide bonds. The minimum absolute atomic E-state index is 0.0234. The summed E-state index contributed by atoms with van der Waals surface area (Å²) < 4.78 is 14.7. The van der Waals surface area contributed by atoms with Crippen LogP contribution in [0.3, 0.4) is 0 Å². The van der Waals surface area contributed by atoms with Crippen molar-refractivity contribution in [2.45, 2.75) is 5.41 Å². The van der Waals surface area contributed by atoms with E-state index < -0.39 is 5.41 Å². The maximum Gasteiger partial charge on any atom is 0.185 e. The molecule has 0 saturated heterocycles. The van der Waals surface area contributed by atoms with Crippen molar-refractivity contribution < 1.29 is 9.18 Å². The molecule has 2 heteroatoms. The second-order valence-electron chi connectivity index (χ2n) is 8.22. The summed E-state index contributed by atoms with van der Waals surface area (Å²) in [5.74, 6) is -0.308. The molecule has 0 aliphatic heterocycles. The van der Waals surface area contributed by atoms with Crippen molar-refractivity contribution >= 4 is 16.9 Å². The van der Waals surface area contributed by atoms with Crippen molar-refractivity contribution in [2.75, 3.05) is 0 Å². The van der Waals surface area contributed by atoms with Gasteiger partial charge in [-0.05, 0) is 57.2 Å². The van der Waals surface area contributed by atoms with E-state index in [9.17, 15) is 9.18 Å². The number of allylic oxidation sites excluding steroid dienone is 3. The summed E-state index contributed by atoms with van der Waals surface area (Å²) in [7, 11) is 0. The standard InChI is InChI=1S/C30H19FO/c31-22-15-16-24-26(19-22)30(18-17-27(32)23-13-7-8-14-25(23)30)29(21-11-5-2-6-12-21)28(24)20-9-3-1-4-10-20/h1-19H/t30-/m1/s1. The maximum absolute atomic E-state index is 14.7. The van der Waals surface area contributed by atoms with Gasteiger partial charge in [-0.25, -0.2) is 4.39 Å². The Bertz CT molecular complexity index is 1430. The fourth-order valence-electron chi connectivity index (χ4n) is 5.28. The normalized spacial score (nSPS) is 18.7. The first-order chi connectivity index (χ1) is 15.7. The first kappa shape index (κ1) is 18.7. The molecule has 2 aliphatic rings. The molecule has 1 nitrogen and oxygen atoms in total. The van der Waals surface area contributed by atoms with Crippen LogP contribution in [0.1, 0.15) is 38.2 Å². The fraction of sp³-hybridized carbons (Fsp3) is 0.0333. The summed E-state index contributed by atoms with van der Waals surface area (Å²) in [6.07, 6.45) is 3.61. The average Bonchev–Trinajstić information content (AvgIpc) is 3.13. The van der Waals surface area contributed by atoms with Gasteiger partial charge >= 0.3 is 0 Å². The molecule has 4 aromatic rings. The highest BCUT2D eigenvalue weighted by Crippen LogP contribution is 2.58. The summed E-state index contributed by atoms with van der Waals surface area (Å²) in [6.45, 7) is 0. The number of benzene rings is 4. The van der Waals surface area contributed by atoms with Crippen molar-refractivity contribution in [3.05, 3.63) is 154 Å². The molecule has 0 aromatic heterocycles. The number of ketones is 1. The third-order valence-corrected chi connectivity index (χ3v) is 6.55. The average molecular weight is 414 g/mol. The van der Waals surface area contributed by atoms with Crippen LogP contribution in [0.2, 0.25) is 0 Å². The molecule has 0 unspecified atom stereocenters. The van der Waals surface area contributed by atoms with Gasteiger partial charge in [0.1, 0.15) is 5.82 Å². The molecule has 32 heavy (non-hydrogen) atoms. The van der Waals surface area contributed by atoms with E-state index in [1.807, 2.05) is 72.8 Å². The van der Waals surface area contributed by atoms with Gasteiger partial charge in [0.15, 0.2) is 5.78 Å². The van der Waals surface area contributed by atoms with Gasteiger partial charge in [0, 0.05) is 5.56 Å². The minimum Gasteiger partial charge on any atom is -0.289 e. The lowest BCUT2D eigenvalue weighted by molar-refractivity contribution is 0.104. The predicted molar refractivity (Wildman–Crippen MR) is 126 cm³/mol. The van der Waals surface area contributed by atoms with Crippen molar-refractivity contribution in [1.82, 2.24) is 0 Å². The Labute approximate surface area is 186 Å². The minimum atomic E-state index is -0.755.